The smallest absolute Gasteiger partial charge is 0.322 e. The molecule has 18 unspecified atom stereocenters. The van der Waals surface area contributed by atoms with Gasteiger partial charge in [0.2, 0.25) is 47.3 Å². The van der Waals surface area contributed by atoms with Crippen molar-refractivity contribution in [2.75, 3.05) is 53.1 Å². The predicted molar refractivity (Wildman–Crippen MR) is 296 cm³/mol. The van der Waals surface area contributed by atoms with Crippen molar-refractivity contribution in [3.8, 4) is 0 Å². The molecule has 0 saturated carbocycles. The first-order valence-corrected chi connectivity index (χ1v) is 28.0. The summed E-state index contributed by atoms with van der Waals surface area (Å²) in [5.41, 5.74) is 11.7. The first-order chi connectivity index (χ1) is 41.7. The molecule has 0 saturated heterocycles. The summed E-state index contributed by atoms with van der Waals surface area (Å²) in [6, 6.07) is -10.3. The molecular formula is C50H90N10O29. The lowest BCUT2D eigenvalue weighted by atomic mass is 10.0. The van der Waals surface area contributed by atoms with Crippen molar-refractivity contribution in [1.29, 1.82) is 0 Å². The molecule has 0 aliphatic heterocycles. The predicted octanol–water partition coefficient (Wildman–Crippen LogP) is -14.2. The number of hydrogen-bond acceptors (Lipinski definition) is 29. The second kappa shape index (κ2) is 44.0. The van der Waals surface area contributed by atoms with Crippen LogP contribution >= 0.6 is 0 Å². The highest BCUT2D eigenvalue weighted by atomic mass is 16.5. The van der Waals surface area contributed by atoms with Gasteiger partial charge in [0.1, 0.15) is 85.1 Å². The fraction of sp³-hybridized carbons (Fsp3) is 0.780. The number of methoxy groups -OCH3 is 1. The van der Waals surface area contributed by atoms with E-state index in [0.29, 0.717) is 0 Å². The lowest BCUT2D eigenvalue weighted by molar-refractivity contribution is -0.142. The summed E-state index contributed by atoms with van der Waals surface area (Å²) >= 11 is 0. The number of carboxylic acids is 2. The number of nitrogens with one attached hydrogen (secondary N) is 8. The van der Waals surface area contributed by atoms with Crippen LogP contribution in [-0.2, 0) is 57.5 Å². The van der Waals surface area contributed by atoms with Crippen molar-refractivity contribution in [3.63, 3.8) is 0 Å². The molecule has 0 aliphatic rings. The van der Waals surface area contributed by atoms with Crippen molar-refractivity contribution < 1.29 is 144 Å². The number of unbranched alkanes of at least 4 members (excludes halogenated alkanes) is 1. The number of aliphatic carboxylic acids is 2. The van der Waals surface area contributed by atoms with E-state index in [4.69, 9.17) is 26.8 Å². The fourth-order valence-electron chi connectivity index (χ4n) is 7.74. The number of rotatable bonds is 48. The van der Waals surface area contributed by atoms with Crippen molar-refractivity contribution in [2.24, 2.45) is 11.5 Å². The molecule has 0 fully saturated rings. The molecule has 0 spiro atoms. The van der Waals surface area contributed by atoms with Gasteiger partial charge >= 0.3 is 17.9 Å². The van der Waals surface area contributed by atoms with E-state index < -0.39 is 278 Å². The van der Waals surface area contributed by atoms with Gasteiger partial charge in [-0.15, -0.1) is 0 Å². The summed E-state index contributed by atoms with van der Waals surface area (Å²) in [6.07, 6.45) is -30.6. The number of hydrogen-bond donors (Lipinski definition) is 27. The lowest BCUT2D eigenvalue weighted by Gasteiger charge is -2.27. The third-order valence-electron chi connectivity index (χ3n) is 13.4. The molecule has 39 heteroatoms. The second-order valence-electron chi connectivity index (χ2n) is 20.6. The van der Waals surface area contributed by atoms with Crippen LogP contribution in [0.3, 0.4) is 0 Å². The topological polar surface area (TPSA) is 689 Å². The molecule has 0 aromatic heterocycles. The molecule has 0 heterocycles. The van der Waals surface area contributed by atoms with Crippen LogP contribution in [-0.4, -0.2) is 315 Å². The quantitative estimate of drug-likeness (QED) is 0.0199. The normalized spacial score (nSPS) is 17.6. The molecule has 0 rings (SSSR count). The Hall–Kier alpha value is -6.51. The highest BCUT2D eigenvalue weighted by Gasteiger charge is 2.36. The van der Waals surface area contributed by atoms with E-state index >= 15 is 0 Å². The van der Waals surface area contributed by atoms with E-state index in [1.165, 1.54) is 0 Å². The Labute approximate surface area is 508 Å². The third-order valence-corrected chi connectivity index (χ3v) is 13.4. The monoisotopic (exact) mass is 1290 g/mol. The summed E-state index contributed by atoms with van der Waals surface area (Å²) in [6.45, 7) is -5.50. The molecule has 0 aromatic rings. The van der Waals surface area contributed by atoms with E-state index in [9.17, 15) is 124 Å². The number of carbonyl (C=O) groups excluding carboxylic acids is 9. The van der Waals surface area contributed by atoms with Crippen LogP contribution < -0.4 is 54.0 Å². The minimum absolute atomic E-state index is 0.111. The van der Waals surface area contributed by atoms with Gasteiger partial charge < -0.3 is 146 Å². The maximum atomic E-state index is 14.3. The Balaban J connectivity index is 6.99. The Bertz CT molecular complexity index is 2230. The average molecular weight is 1300 g/mol. The van der Waals surface area contributed by atoms with Crippen molar-refractivity contribution in [3.05, 3.63) is 0 Å². The van der Waals surface area contributed by atoms with E-state index in [1.807, 2.05) is 0 Å². The maximum Gasteiger partial charge on any atom is 0.322 e. The highest BCUT2D eigenvalue weighted by molar-refractivity contribution is 5.96. The Morgan fingerprint density at radius 3 is 0.966 bits per heavy atom. The molecule has 0 aromatic carbocycles. The molecule has 29 N–H and O–H groups in total. The zero-order valence-electron chi connectivity index (χ0n) is 48.7. The zero-order chi connectivity index (χ0) is 68.2. The number of esters is 1. The maximum absolute atomic E-state index is 14.3. The molecule has 0 aliphatic carbocycles. The van der Waals surface area contributed by atoms with Crippen LogP contribution in [0, 0.1) is 0 Å². The summed E-state index contributed by atoms with van der Waals surface area (Å²) in [4.78, 5) is 143. The van der Waals surface area contributed by atoms with Gasteiger partial charge in [-0.3, -0.25) is 52.7 Å². The van der Waals surface area contributed by atoms with Crippen LogP contribution in [0.25, 0.3) is 0 Å². The van der Waals surface area contributed by atoms with Crippen LogP contribution in [0.2, 0.25) is 0 Å². The van der Waals surface area contributed by atoms with Gasteiger partial charge in [-0.1, -0.05) is 0 Å². The summed E-state index contributed by atoms with van der Waals surface area (Å²) in [5, 5.41) is 184. The van der Waals surface area contributed by atoms with E-state index in [-0.39, 0.29) is 25.8 Å². The Kier molecular flexibility index (Phi) is 40.8. The van der Waals surface area contributed by atoms with Gasteiger partial charge in [-0.2, -0.15) is 0 Å². The molecule has 0 bridgehead atoms. The molecule has 8 amide bonds. The Morgan fingerprint density at radius 1 is 0.360 bits per heavy atom. The van der Waals surface area contributed by atoms with Gasteiger partial charge in [0, 0.05) is 58.3 Å². The number of carboxylic acid groups (broad SMARTS) is 2. The zero-order valence-corrected chi connectivity index (χ0v) is 48.7. The van der Waals surface area contributed by atoms with Crippen LogP contribution in [0.5, 0.6) is 0 Å². The van der Waals surface area contributed by atoms with Gasteiger partial charge in [0.25, 0.3) is 0 Å². The Morgan fingerprint density at radius 2 is 0.652 bits per heavy atom. The number of aliphatic hydroxyl groups is 15. The molecule has 514 valence electrons. The van der Waals surface area contributed by atoms with E-state index in [2.05, 4.69) is 47.3 Å². The van der Waals surface area contributed by atoms with Gasteiger partial charge in [0.05, 0.1) is 51.3 Å². The fourth-order valence-corrected chi connectivity index (χ4v) is 7.74. The van der Waals surface area contributed by atoms with Gasteiger partial charge in [-0.05, 0) is 51.4 Å². The summed E-state index contributed by atoms with van der Waals surface area (Å²) in [7, 11) is 1.12. The second-order valence-corrected chi connectivity index (χ2v) is 20.6. The van der Waals surface area contributed by atoms with Crippen molar-refractivity contribution >= 4 is 65.2 Å². The first kappa shape index (κ1) is 82.5. The van der Waals surface area contributed by atoms with Crippen molar-refractivity contribution in [2.45, 2.75) is 193 Å². The minimum Gasteiger partial charge on any atom is -0.481 e. The van der Waals surface area contributed by atoms with Crippen LogP contribution in [0.15, 0.2) is 0 Å². The summed E-state index contributed by atoms with van der Waals surface area (Å²) in [5.74, 6) is -13.0. The number of amides is 8. The van der Waals surface area contributed by atoms with Gasteiger partial charge in [-0.25, -0.2) is 0 Å². The largest absolute Gasteiger partial charge is 0.481 e. The van der Waals surface area contributed by atoms with Crippen LogP contribution in [0.4, 0.5) is 0 Å². The average Bonchev–Trinajstić information content (AvgIpc) is 2.59. The van der Waals surface area contributed by atoms with Crippen LogP contribution in [0.1, 0.15) is 83.5 Å². The molecular weight excluding hydrogens is 1200 g/mol. The standard InChI is InChI=1S/C50H90N10O29/c1-89-50(88)23(52)4-2-3-15-53-46(84)24(6-11-35(71)55-17-29(65)40(78)43(81)32(68)20-62)58-49(87)27(9-14-38(75)76)60-47(85)25(7-12-36(72)56-18-30(66)41(79)44(82)33(69)21-63)59-48(86)26(8-13-37(73)74)57-45(83)22(51)5-10-34(70)54-16-28(64)39(77)42(80)31(67)19-61/h22-33,39-44,61-69,77-82H,2-21,51-52H2,1H3,(H,53,84)(H,54,70)(H,55,71)(H,56,72)(H,57,83)(H,58,87)(H,59,86)(H,60,85)(H,73,74)(H,75,76). The molecule has 18 atom stereocenters. The van der Waals surface area contributed by atoms with E-state index in [1.54, 1.807) is 0 Å². The SMILES string of the molecule is COC(=O)C(N)CCCCNC(=O)C(CCC(=O)NCC(O)C(O)C(O)C(O)CO)NC(=O)C(CCC(=O)O)NC(=O)C(CCC(=O)NCC(O)C(O)C(O)C(O)CO)NC(=O)C(CCC(=O)O)NC(=O)C(N)CCC(=O)NCC(O)C(O)C(O)C(O)CO. The molecule has 0 radical (unpaired) electrons. The number of aliphatic hydroxyl groups excluding tert-OH is 15. The first-order valence-electron chi connectivity index (χ1n) is 28.0. The number of ether oxygens (including phenoxy) is 1. The third kappa shape index (κ3) is 32.7. The minimum atomic E-state index is -2.15. The molecule has 39 nitrogen and oxygen atoms in total. The van der Waals surface area contributed by atoms with Gasteiger partial charge in [0.15, 0.2) is 0 Å². The highest BCUT2D eigenvalue weighted by Crippen LogP contribution is 2.12. The van der Waals surface area contributed by atoms with E-state index in [0.717, 1.165) is 7.11 Å². The number of nitrogens with two attached hydrogens (primary N) is 2. The lowest BCUT2D eigenvalue weighted by Crippen LogP contribution is -2.59. The van der Waals surface area contributed by atoms with Crippen molar-refractivity contribution in [1.82, 2.24) is 42.5 Å². The molecule has 89 heavy (non-hydrogen) atoms. The summed E-state index contributed by atoms with van der Waals surface area (Å²) < 4.78 is 4.58. The number of carbonyl (C=O) groups is 11.